The quantitative estimate of drug-likeness (QED) is 0.656. The molecule has 0 unspecified atom stereocenters. The van der Waals surface area contributed by atoms with Crippen LogP contribution in [0.4, 0.5) is 21.6 Å². The molecule has 24 heavy (non-hydrogen) atoms. The fraction of sp³-hybridized carbons (Fsp3) is 0.150. The molecule has 3 rings (SSSR count). The summed E-state index contributed by atoms with van der Waals surface area (Å²) in [5.74, 6) is 0.295. The number of pyridine rings is 1. The highest BCUT2D eigenvalue weighted by atomic mass is 19.1. The molecular weight excluding hydrogens is 301 g/mol. The van der Waals surface area contributed by atoms with Crippen molar-refractivity contribution in [3.05, 3.63) is 72.7 Å². The van der Waals surface area contributed by atoms with Crippen molar-refractivity contribution < 1.29 is 4.39 Å². The molecule has 3 aromatic rings. The fourth-order valence-electron chi connectivity index (χ4n) is 2.56. The van der Waals surface area contributed by atoms with Crippen LogP contribution in [0.2, 0.25) is 0 Å². The summed E-state index contributed by atoms with van der Waals surface area (Å²) < 4.78 is 14.8. The van der Waals surface area contributed by atoms with Gasteiger partial charge in [0.25, 0.3) is 0 Å². The van der Waals surface area contributed by atoms with E-state index < -0.39 is 0 Å². The summed E-state index contributed by atoms with van der Waals surface area (Å²) in [7, 11) is 0. The van der Waals surface area contributed by atoms with E-state index in [1.54, 1.807) is 6.20 Å². The van der Waals surface area contributed by atoms with Crippen LogP contribution in [0.1, 0.15) is 13.8 Å². The molecule has 1 aromatic heterocycles. The summed E-state index contributed by atoms with van der Waals surface area (Å²) >= 11 is 0. The van der Waals surface area contributed by atoms with Crippen molar-refractivity contribution in [2.45, 2.75) is 19.9 Å². The van der Waals surface area contributed by atoms with Crippen LogP contribution >= 0.6 is 0 Å². The van der Waals surface area contributed by atoms with E-state index in [2.05, 4.69) is 15.6 Å². The summed E-state index contributed by atoms with van der Waals surface area (Å²) in [5, 5.41) is 6.37. The molecule has 0 bridgehead atoms. The molecule has 1 heterocycles. The summed E-state index contributed by atoms with van der Waals surface area (Å²) in [6, 6.07) is 19.0. The molecule has 0 fully saturated rings. The normalized spacial score (nSPS) is 10.7. The Kier molecular flexibility index (Phi) is 4.75. The first-order valence-corrected chi connectivity index (χ1v) is 7.97. The number of aromatic nitrogens is 1. The van der Waals surface area contributed by atoms with Gasteiger partial charge in [-0.25, -0.2) is 9.37 Å². The van der Waals surface area contributed by atoms with E-state index in [-0.39, 0.29) is 11.9 Å². The zero-order chi connectivity index (χ0) is 16.9. The lowest BCUT2D eigenvalue weighted by molar-refractivity contribution is 0.632. The Hall–Kier alpha value is -2.88. The number of nitrogens with one attached hydrogen (secondary N) is 2. The predicted octanol–water partition coefficient (Wildman–Crippen LogP) is 5.45. The third kappa shape index (κ3) is 3.71. The van der Waals surface area contributed by atoms with Crippen LogP contribution in [0.5, 0.6) is 0 Å². The topological polar surface area (TPSA) is 37.0 Å². The summed E-state index contributed by atoms with van der Waals surface area (Å²) in [6.45, 7) is 4.06. The molecule has 122 valence electrons. The first-order chi connectivity index (χ1) is 11.6. The van der Waals surface area contributed by atoms with Gasteiger partial charge < -0.3 is 10.6 Å². The molecule has 0 aliphatic carbocycles. The van der Waals surface area contributed by atoms with E-state index in [4.69, 9.17) is 0 Å². The molecule has 0 saturated carbocycles. The Balaban J connectivity index is 2.09. The van der Waals surface area contributed by atoms with E-state index in [0.717, 1.165) is 16.8 Å². The minimum absolute atomic E-state index is 0.225. The van der Waals surface area contributed by atoms with Gasteiger partial charge in [0.05, 0.1) is 5.69 Å². The SMILES string of the molecule is CC(C)Nc1cc(F)c(Nc2ccccn2)c(-c2ccccc2)c1. The van der Waals surface area contributed by atoms with Gasteiger partial charge >= 0.3 is 0 Å². The third-order valence-electron chi connectivity index (χ3n) is 3.55. The van der Waals surface area contributed by atoms with Gasteiger partial charge in [0.15, 0.2) is 0 Å². The Labute approximate surface area is 141 Å². The molecule has 0 aliphatic rings. The van der Waals surface area contributed by atoms with Gasteiger partial charge in [0.1, 0.15) is 11.6 Å². The molecule has 2 aromatic carbocycles. The van der Waals surface area contributed by atoms with Crippen molar-refractivity contribution in [3.63, 3.8) is 0 Å². The highest BCUT2D eigenvalue weighted by Crippen LogP contribution is 2.35. The van der Waals surface area contributed by atoms with Crippen LogP contribution in [0.3, 0.4) is 0 Å². The standard InChI is InChI=1S/C20H20FN3/c1-14(2)23-16-12-17(15-8-4-3-5-9-15)20(18(21)13-16)24-19-10-6-7-11-22-19/h3-14,23H,1-2H3,(H,22,24). The minimum atomic E-state index is -0.315. The maximum Gasteiger partial charge on any atom is 0.149 e. The second-order valence-corrected chi connectivity index (χ2v) is 5.89. The molecular formula is C20H20FN3. The number of halogens is 1. The molecule has 0 saturated heterocycles. The van der Waals surface area contributed by atoms with Gasteiger partial charge in [0.2, 0.25) is 0 Å². The number of hydrogen-bond donors (Lipinski definition) is 2. The lowest BCUT2D eigenvalue weighted by Crippen LogP contribution is -2.10. The maximum atomic E-state index is 14.8. The van der Waals surface area contributed by atoms with Crippen LogP contribution in [0.15, 0.2) is 66.9 Å². The number of hydrogen-bond acceptors (Lipinski definition) is 3. The average molecular weight is 321 g/mol. The molecule has 4 heteroatoms. The van der Waals surface area contributed by atoms with E-state index in [1.807, 2.05) is 68.4 Å². The average Bonchev–Trinajstić information content (AvgIpc) is 2.58. The summed E-state index contributed by atoms with van der Waals surface area (Å²) in [5.41, 5.74) is 2.92. The molecule has 0 amide bonds. The minimum Gasteiger partial charge on any atom is -0.383 e. The van der Waals surface area contributed by atoms with Crippen LogP contribution in [-0.2, 0) is 0 Å². The lowest BCUT2D eigenvalue weighted by atomic mass is 10.0. The van der Waals surface area contributed by atoms with Gasteiger partial charge in [-0.3, -0.25) is 0 Å². The molecule has 2 N–H and O–H groups in total. The van der Waals surface area contributed by atoms with Crippen molar-refractivity contribution in [1.29, 1.82) is 0 Å². The maximum absolute atomic E-state index is 14.8. The van der Waals surface area contributed by atoms with Crippen molar-refractivity contribution in [1.82, 2.24) is 4.98 Å². The Bertz CT molecular complexity index is 802. The molecule has 3 nitrogen and oxygen atoms in total. The Morgan fingerprint density at radius 2 is 1.71 bits per heavy atom. The highest BCUT2D eigenvalue weighted by molar-refractivity contribution is 5.83. The number of benzene rings is 2. The lowest BCUT2D eigenvalue weighted by Gasteiger charge is -2.17. The third-order valence-corrected chi connectivity index (χ3v) is 3.55. The van der Waals surface area contributed by atoms with E-state index >= 15 is 0 Å². The van der Waals surface area contributed by atoms with Gasteiger partial charge in [-0.1, -0.05) is 36.4 Å². The van der Waals surface area contributed by atoms with Crippen molar-refractivity contribution >= 4 is 17.2 Å². The van der Waals surface area contributed by atoms with Crippen molar-refractivity contribution in [2.24, 2.45) is 0 Å². The van der Waals surface area contributed by atoms with Crippen LogP contribution in [0, 0.1) is 5.82 Å². The van der Waals surface area contributed by atoms with Gasteiger partial charge in [-0.05, 0) is 43.7 Å². The van der Waals surface area contributed by atoms with E-state index in [9.17, 15) is 4.39 Å². The van der Waals surface area contributed by atoms with Crippen LogP contribution < -0.4 is 10.6 Å². The number of nitrogens with zero attached hydrogens (tertiary/aromatic N) is 1. The van der Waals surface area contributed by atoms with Crippen molar-refractivity contribution in [2.75, 3.05) is 10.6 Å². The van der Waals surface area contributed by atoms with E-state index in [1.165, 1.54) is 6.07 Å². The molecule has 0 radical (unpaired) electrons. The monoisotopic (exact) mass is 321 g/mol. The van der Waals surface area contributed by atoms with Gasteiger partial charge in [-0.2, -0.15) is 0 Å². The summed E-state index contributed by atoms with van der Waals surface area (Å²) in [4.78, 5) is 4.23. The smallest absolute Gasteiger partial charge is 0.149 e. The number of rotatable bonds is 5. The van der Waals surface area contributed by atoms with Gasteiger partial charge in [-0.15, -0.1) is 0 Å². The summed E-state index contributed by atoms with van der Waals surface area (Å²) in [6.07, 6.45) is 1.68. The highest BCUT2D eigenvalue weighted by Gasteiger charge is 2.14. The number of anilines is 3. The van der Waals surface area contributed by atoms with E-state index in [0.29, 0.717) is 11.5 Å². The van der Waals surface area contributed by atoms with Crippen LogP contribution in [0.25, 0.3) is 11.1 Å². The first-order valence-electron chi connectivity index (χ1n) is 7.97. The largest absolute Gasteiger partial charge is 0.383 e. The second kappa shape index (κ2) is 7.13. The zero-order valence-electron chi connectivity index (χ0n) is 13.8. The molecule has 0 aliphatic heterocycles. The van der Waals surface area contributed by atoms with Gasteiger partial charge in [0, 0.05) is 23.5 Å². The Morgan fingerprint density at radius 1 is 0.958 bits per heavy atom. The zero-order valence-corrected chi connectivity index (χ0v) is 13.8. The Morgan fingerprint density at radius 3 is 2.38 bits per heavy atom. The van der Waals surface area contributed by atoms with Crippen molar-refractivity contribution in [3.8, 4) is 11.1 Å². The second-order valence-electron chi connectivity index (χ2n) is 5.89. The molecule has 0 atom stereocenters. The predicted molar refractivity (Wildman–Crippen MR) is 98.1 cm³/mol. The fourth-order valence-corrected chi connectivity index (χ4v) is 2.56. The molecule has 0 spiro atoms. The first kappa shape index (κ1) is 16.0. The van der Waals surface area contributed by atoms with Crippen LogP contribution in [-0.4, -0.2) is 11.0 Å².